The molecule has 1 rings (SSSR count). The first-order chi connectivity index (χ1) is 6.75. The number of hydrogen-bond acceptors (Lipinski definition) is 3. The third kappa shape index (κ3) is 3.14. The Morgan fingerprint density at radius 1 is 1.57 bits per heavy atom. The van der Waals surface area contributed by atoms with E-state index in [0.717, 1.165) is 31.3 Å². The van der Waals surface area contributed by atoms with Crippen LogP contribution in [0.1, 0.15) is 39.0 Å². The normalized spacial score (nSPS) is 19.4. The van der Waals surface area contributed by atoms with Crippen LogP contribution in [-0.4, -0.2) is 23.8 Å². The minimum Gasteiger partial charge on any atom is -0.464 e. The number of allylic oxidation sites excluding steroid dienone is 1. The Labute approximate surface area is 84.8 Å². The van der Waals surface area contributed by atoms with Gasteiger partial charge < -0.3 is 9.84 Å². The van der Waals surface area contributed by atoms with Crippen molar-refractivity contribution in [1.29, 1.82) is 0 Å². The van der Waals surface area contributed by atoms with Crippen LogP contribution in [0.2, 0.25) is 0 Å². The lowest BCUT2D eigenvalue weighted by atomic mass is 10.0. The average Bonchev–Trinajstić information content (AvgIpc) is 2.45. The molecule has 0 aliphatic heterocycles. The second-order valence-electron chi connectivity index (χ2n) is 3.53. The van der Waals surface area contributed by atoms with Crippen LogP contribution in [0.25, 0.3) is 0 Å². The van der Waals surface area contributed by atoms with Crippen molar-refractivity contribution in [2.75, 3.05) is 6.61 Å². The van der Waals surface area contributed by atoms with Crippen LogP contribution >= 0.6 is 0 Å². The first-order valence-electron chi connectivity index (χ1n) is 5.29. The summed E-state index contributed by atoms with van der Waals surface area (Å²) in [5, 5.41) is 9.66. The molecule has 0 heterocycles. The summed E-state index contributed by atoms with van der Waals surface area (Å²) in [6, 6.07) is 0. The van der Waals surface area contributed by atoms with Crippen molar-refractivity contribution >= 4 is 5.97 Å². The minimum atomic E-state index is -1.03. The van der Waals surface area contributed by atoms with Gasteiger partial charge in [-0.15, -0.1) is 0 Å². The van der Waals surface area contributed by atoms with Crippen LogP contribution < -0.4 is 0 Å². The zero-order valence-corrected chi connectivity index (χ0v) is 8.66. The highest BCUT2D eigenvalue weighted by Gasteiger charge is 2.21. The van der Waals surface area contributed by atoms with E-state index in [9.17, 15) is 9.90 Å². The Morgan fingerprint density at radius 3 is 3.07 bits per heavy atom. The molecule has 1 aliphatic carbocycles. The first kappa shape index (κ1) is 11.2. The van der Waals surface area contributed by atoms with Gasteiger partial charge in [-0.1, -0.05) is 12.5 Å². The van der Waals surface area contributed by atoms with Gasteiger partial charge in [0.05, 0.1) is 6.61 Å². The predicted octanol–water partition coefficient (Wildman–Crippen LogP) is 1.80. The Bertz CT molecular complexity index is 221. The molecule has 3 heteroatoms. The minimum absolute atomic E-state index is 0.323. The predicted molar refractivity (Wildman–Crippen MR) is 53.8 cm³/mol. The summed E-state index contributed by atoms with van der Waals surface area (Å²) in [6.07, 6.45) is 6.12. The van der Waals surface area contributed by atoms with Crippen molar-refractivity contribution in [2.24, 2.45) is 0 Å². The lowest BCUT2D eigenvalue weighted by molar-refractivity contribution is -0.151. The van der Waals surface area contributed by atoms with Gasteiger partial charge in [0.15, 0.2) is 6.10 Å². The fourth-order valence-corrected chi connectivity index (χ4v) is 1.66. The van der Waals surface area contributed by atoms with E-state index < -0.39 is 12.1 Å². The average molecular weight is 198 g/mol. The molecule has 0 aromatic rings. The van der Waals surface area contributed by atoms with Crippen molar-refractivity contribution in [1.82, 2.24) is 0 Å². The third-order valence-electron chi connectivity index (χ3n) is 2.44. The zero-order chi connectivity index (χ0) is 10.4. The van der Waals surface area contributed by atoms with E-state index >= 15 is 0 Å². The molecule has 1 aliphatic rings. The van der Waals surface area contributed by atoms with Crippen molar-refractivity contribution < 1.29 is 14.6 Å². The Balaban J connectivity index is 2.52. The van der Waals surface area contributed by atoms with E-state index in [0.29, 0.717) is 6.61 Å². The monoisotopic (exact) mass is 198 g/mol. The summed E-state index contributed by atoms with van der Waals surface area (Å²) in [7, 11) is 0. The second-order valence-corrected chi connectivity index (χ2v) is 3.53. The van der Waals surface area contributed by atoms with Crippen LogP contribution in [0.15, 0.2) is 11.6 Å². The Hall–Kier alpha value is -0.830. The van der Waals surface area contributed by atoms with E-state index in [1.807, 2.05) is 6.08 Å². The van der Waals surface area contributed by atoms with Gasteiger partial charge >= 0.3 is 5.97 Å². The first-order valence-corrected chi connectivity index (χ1v) is 5.29. The van der Waals surface area contributed by atoms with Gasteiger partial charge in [-0.2, -0.15) is 0 Å². The number of carbonyl (C=O) groups excluding carboxylic acids is 1. The number of carbonyl (C=O) groups is 1. The molecule has 0 radical (unpaired) electrons. The zero-order valence-electron chi connectivity index (χ0n) is 8.66. The topological polar surface area (TPSA) is 46.5 Å². The molecule has 0 aromatic carbocycles. The molecule has 0 spiro atoms. The number of ether oxygens (including phenoxy) is 1. The number of esters is 1. The second kappa shape index (κ2) is 5.81. The summed E-state index contributed by atoms with van der Waals surface area (Å²) in [6.45, 7) is 2.06. The highest BCUT2D eigenvalue weighted by molar-refractivity contribution is 5.77. The van der Waals surface area contributed by atoms with Gasteiger partial charge in [0, 0.05) is 0 Å². The number of rotatable bonds is 3. The molecule has 0 saturated carbocycles. The summed E-state index contributed by atoms with van der Waals surface area (Å²) in [5.74, 6) is -0.513. The van der Waals surface area contributed by atoms with Gasteiger partial charge in [0.25, 0.3) is 0 Å². The quantitative estimate of drug-likeness (QED) is 0.555. The molecular formula is C11H18O3. The standard InChI is InChI=1S/C11H18O3/c1-2-14-11(13)10(12)9-7-5-3-4-6-8-9/h7,10,12H,2-6,8H2,1H3. The lowest BCUT2D eigenvalue weighted by Crippen LogP contribution is -2.25. The maximum Gasteiger partial charge on any atom is 0.339 e. The molecule has 0 fully saturated rings. The largest absolute Gasteiger partial charge is 0.464 e. The van der Waals surface area contributed by atoms with E-state index in [4.69, 9.17) is 4.74 Å². The van der Waals surface area contributed by atoms with Crippen LogP contribution in [-0.2, 0) is 9.53 Å². The van der Waals surface area contributed by atoms with Crippen molar-refractivity contribution in [3.8, 4) is 0 Å². The van der Waals surface area contributed by atoms with Crippen molar-refractivity contribution in [2.45, 2.75) is 45.1 Å². The van der Waals surface area contributed by atoms with Crippen LogP contribution in [0, 0.1) is 0 Å². The van der Waals surface area contributed by atoms with Crippen LogP contribution in [0.5, 0.6) is 0 Å². The van der Waals surface area contributed by atoms with Gasteiger partial charge in [-0.05, 0) is 38.2 Å². The number of hydrogen-bond donors (Lipinski definition) is 1. The Morgan fingerprint density at radius 2 is 2.36 bits per heavy atom. The van der Waals surface area contributed by atoms with Crippen molar-refractivity contribution in [3.63, 3.8) is 0 Å². The van der Waals surface area contributed by atoms with Gasteiger partial charge in [0.1, 0.15) is 0 Å². The van der Waals surface area contributed by atoms with E-state index in [1.54, 1.807) is 6.92 Å². The molecule has 0 aromatic heterocycles. The van der Waals surface area contributed by atoms with E-state index in [2.05, 4.69) is 0 Å². The van der Waals surface area contributed by atoms with Gasteiger partial charge in [0.2, 0.25) is 0 Å². The number of aliphatic hydroxyl groups excluding tert-OH is 1. The molecule has 0 amide bonds. The maximum atomic E-state index is 11.2. The highest BCUT2D eigenvalue weighted by atomic mass is 16.5. The molecule has 0 saturated heterocycles. The van der Waals surface area contributed by atoms with Crippen LogP contribution in [0.4, 0.5) is 0 Å². The highest BCUT2D eigenvalue weighted by Crippen LogP contribution is 2.20. The molecule has 1 N–H and O–H groups in total. The molecule has 0 bridgehead atoms. The van der Waals surface area contributed by atoms with E-state index in [1.165, 1.54) is 6.42 Å². The third-order valence-corrected chi connectivity index (χ3v) is 2.44. The van der Waals surface area contributed by atoms with Crippen molar-refractivity contribution in [3.05, 3.63) is 11.6 Å². The molecule has 80 valence electrons. The summed E-state index contributed by atoms with van der Waals surface area (Å²) < 4.78 is 4.77. The number of aliphatic hydroxyl groups is 1. The fourth-order valence-electron chi connectivity index (χ4n) is 1.66. The molecule has 1 atom stereocenters. The smallest absolute Gasteiger partial charge is 0.339 e. The van der Waals surface area contributed by atoms with Crippen LogP contribution in [0.3, 0.4) is 0 Å². The molecule has 3 nitrogen and oxygen atoms in total. The summed E-state index contributed by atoms with van der Waals surface area (Å²) in [5.41, 5.74) is 0.834. The summed E-state index contributed by atoms with van der Waals surface area (Å²) >= 11 is 0. The molecule has 1 unspecified atom stereocenters. The molecular weight excluding hydrogens is 180 g/mol. The van der Waals surface area contributed by atoms with E-state index in [-0.39, 0.29) is 0 Å². The SMILES string of the molecule is CCOC(=O)C(O)C1=CCCCCC1. The maximum absolute atomic E-state index is 11.2. The van der Waals surface area contributed by atoms with Gasteiger partial charge in [-0.25, -0.2) is 4.79 Å². The fraction of sp³-hybridized carbons (Fsp3) is 0.727. The Kier molecular flexibility index (Phi) is 4.66. The van der Waals surface area contributed by atoms with Gasteiger partial charge in [-0.3, -0.25) is 0 Å². The molecule has 14 heavy (non-hydrogen) atoms. The summed E-state index contributed by atoms with van der Waals surface area (Å²) in [4.78, 5) is 11.2. The lowest BCUT2D eigenvalue weighted by Gasteiger charge is -2.12.